The van der Waals surface area contributed by atoms with Crippen LogP contribution in [-0.4, -0.2) is 60.1 Å². The lowest BCUT2D eigenvalue weighted by Gasteiger charge is -2.26. The first kappa shape index (κ1) is 22.3. The maximum Gasteiger partial charge on any atom is 0.337 e. The SMILES string of the molecule is COC(=O)c1ccc2[nH]c(O)c(C(=Nc3ccc(CN4CCOCC4)cc3)c3ccsc3)c2c1. The number of nitrogens with zero attached hydrogens (tertiary/aromatic N) is 2. The third kappa shape index (κ3) is 4.61. The van der Waals surface area contributed by atoms with Crippen molar-refractivity contribution in [1.82, 2.24) is 9.88 Å². The van der Waals surface area contributed by atoms with Crippen LogP contribution in [-0.2, 0) is 16.0 Å². The lowest BCUT2D eigenvalue weighted by atomic mass is 10.0. The van der Waals surface area contributed by atoms with Gasteiger partial charge in [0.25, 0.3) is 0 Å². The van der Waals surface area contributed by atoms with Crippen molar-refractivity contribution in [2.75, 3.05) is 33.4 Å². The Hall–Kier alpha value is -3.46. The number of carbonyl (C=O) groups is 1. The van der Waals surface area contributed by atoms with Gasteiger partial charge in [0, 0.05) is 41.5 Å². The van der Waals surface area contributed by atoms with E-state index in [0.717, 1.165) is 44.1 Å². The molecule has 0 atom stereocenters. The predicted molar refractivity (Wildman–Crippen MR) is 133 cm³/mol. The van der Waals surface area contributed by atoms with Gasteiger partial charge in [0.1, 0.15) is 0 Å². The van der Waals surface area contributed by atoms with Crippen LogP contribution in [0.4, 0.5) is 5.69 Å². The number of methoxy groups -OCH3 is 1. The number of rotatable bonds is 6. The summed E-state index contributed by atoms with van der Waals surface area (Å²) in [6.07, 6.45) is 0. The number of aromatic nitrogens is 1. The lowest BCUT2D eigenvalue weighted by molar-refractivity contribution is 0.0342. The van der Waals surface area contributed by atoms with Crippen molar-refractivity contribution in [1.29, 1.82) is 0 Å². The van der Waals surface area contributed by atoms with Gasteiger partial charge in [-0.15, -0.1) is 0 Å². The molecule has 1 aliphatic rings. The van der Waals surface area contributed by atoms with Crippen LogP contribution in [0.25, 0.3) is 10.9 Å². The minimum absolute atomic E-state index is 0.00547. The standard InChI is InChI=1S/C26H25N3O4S/c1-32-26(31)18-4-7-22-21(14-18)23(25(30)28-22)24(19-8-13-34-16-19)27-20-5-2-17(3-6-20)15-29-9-11-33-12-10-29/h2-8,13-14,16,28,30H,9-12,15H2,1H3. The molecular weight excluding hydrogens is 450 g/mol. The van der Waals surface area contributed by atoms with Gasteiger partial charge in [0.05, 0.1) is 42.8 Å². The van der Waals surface area contributed by atoms with E-state index < -0.39 is 5.97 Å². The first-order chi connectivity index (χ1) is 16.6. The number of hydrogen-bond donors (Lipinski definition) is 2. The summed E-state index contributed by atoms with van der Waals surface area (Å²) in [6, 6.07) is 15.3. The highest BCUT2D eigenvalue weighted by Crippen LogP contribution is 2.33. The Morgan fingerprint density at radius 2 is 1.94 bits per heavy atom. The van der Waals surface area contributed by atoms with Gasteiger partial charge in [-0.1, -0.05) is 12.1 Å². The summed E-state index contributed by atoms with van der Waals surface area (Å²) < 4.78 is 10.3. The maximum absolute atomic E-state index is 12.1. The summed E-state index contributed by atoms with van der Waals surface area (Å²) in [5.74, 6) is -0.427. The quantitative estimate of drug-likeness (QED) is 0.311. The van der Waals surface area contributed by atoms with Gasteiger partial charge >= 0.3 is 5.97 Å². The number of benzene rings is 2. The van der Waals surface area contributed by atoms with Crippen LogP contribution in [0.15, 0.2) is 64.3 Å². The Kier molecular flexibility index (Phi) is 6.44. The van der Waals surface area contributed by atoms with Crippen molar-refractivity contribution in [3.05, 3.63) is 81.5 Å². The first-order valence-electron chi connectivity index (χ1n) is 11.1. The molecule has 0 unspecified atom stereocenters. The van der Waals surface area contributed by atoms with Gasteiger partial charge in [0.2, 0.25) is 0 Å². The van der Waals surface area contributed by atoms with Crippen LogP contribution in [0.5, 0.6) is 5.88 Å². The van der Waals surface area contributed by atoms with Crippen molar-refractivity contribution in [2.45, 2.75) is 6.54 Å². The van der Waals surface area contributed by atoms with E-state index in [-0.39, 0.29) is 5.88 Å². The molecule has 34 heavy (non-hydrogen) atoms. The largest absolute Gasteiger partial charge is 0.494 e. The van der Waals surface area contributed by atoms with Crippen molar-refractivity contribution in [2.24, 2.45) is 4.99 Å². The summed E-state index contributed by atoms with van der Waals surface area (Å²) in [5, 5.41) is 15.5. The highest BCUT2D eigenvalue weighted by atomic mass is 32.1. The second kappa shape index (κ2) is 9.80. The molecule has 0 amide bonds. The van der Waals surface area contributed by atoms with Gasteiger partial charge in [-0.25, -0.2) is 9.79 Å². The lowest BCUT2D eigenvalue weighted by Crippen LogP contribution is -2.35. The van der Waals surface area contributed by atoms with Crippen molar-refractivity contribution < 1.29 is 19.4 Å². The first-order valence-corrected chi connectivity index (χ1v) is 12.0. The van der Waals surface area contributed by atoms with E-state index in [2.05, 4.69) is 22.0 Å². The number of ether oxygens (including phenoxy) is 2. The molecule has 174 valence electrons. The van der Waals surface area contributed by atoms with E-state index in [0.29, 0.717) is 27.7 Å². The molecule has 0 aliphatic carbocycles. The van der Waals surface area contributed by atoms with Crippen molar-refractivity contribution in [3.8, 4) is 5.88 Å². The zero-order valence-corrected chi connectivity index (χ0v) is 19.6. The van der Waals surface area contributed by atoms with Gasteiger partial charge in [-0.05, 0) is 47.3 Å². The van der Waals surface area contributed by atoms with Gasteiger partial charge in [0.15, 0.2) is 5.88 Å². The number of hydrogen-bond acceptors (Lipinski definition) is 7. The van der Waals surface area contributed by atoms with Gasteiger partial charge in [-0.2, -0.15) is 11.3 Å². The minimum atomic E-state index is -0.432. The molecule has 7 nitrogen and oxygen atoms in total. The molecule has 8 heteroatoms. The average Bonchev–Trinajstić information content (AvgIpc) is 3.51. The second-order valence-electron chi connectivity index (χ2n) is 8.13. The van der Waals surface area contributed by atoms with Gasteiger partial charge in [-0.3, -0.25) is 4.90 Å². The predicted octanol–water partition coefficient (Wildman–Crippen LogP) is 4.72. The topological polar surface area (TPSA) is 87.2 Å². The number of nitrogens with one attached hydrogen (secondary N) is 1. The van der Waals surface area contributed by atoms with E-state index in [1.807, 2.05) is 29.0 Å². The normalized spacial score (nSPS) is 15.0. The number of aromatic hydroxyl groups is 1. The smallest absolute Gasteiger partial charge is 0.337 e. The Labute approximate surface area is 201 Å². The zero-order chi connectivity index (χ0) is 23.5. The third-order valence-corrected chi connectivity index (χ3v) is 6.60. The monoisotopic (exact) mass is 475 g/mol. The molecule has 5 rings (SSSR count). The number of carbonyl (C=O) groups excluding carboxylic acids is 1. The summed E-state index contributed by atoms with van der Waals surface area (Å²) >= 11 is 1.56. The summed E-state index contributed by atoms with van der Waals surface area (Å²) in [6.45, 7) is 4.31. The van der Waals surface area contributed by atoms with E-state index in [4.69, 9.17) is 14.5 Å². The number of esters is 1. The number of aliphatic imine (C=N–C) groups is 1. The number of morpholine rings is 1. The molecule has 2 aromatic carbocycles. The van der Waals surface area contributed by atoms with Crippen LogP contribution in [0, 0.1) is 0 Å². The third-order valence-electron chi connectivity index (χ3n) is 5.92. The number of H-pyrrole nitrogens is 1. The summed E-state index contributed by atoms with van der Waals surface area (Å²) in [7, 11) is 1.35. The number of fused-ring (bicyclic) bond motifs is 1. The fourth-order valence-corrected chi connectivity index (χ4v) is 4.79. The van der Waals surface area contributed by atoms with Crippen LogP contribution >= 0.6 is 11.3 Å². The maximum atomic E-state index is 12.1. The molecule has 0 bridgehead atoms. The minimum Gasteiger partial charge on any atom is -0.494 e. The van der Waals surface area contributed by atoms with Gasteiger partial charge < -0.3 is 19.6 Å². The average molecular weight is 476 g/mol. The fourth-order valence-electron chi connectivity index (χ4n) is 4.15. The Morgan fingerprint density at radius 1 is 1.15 bits per heavy atom. The van der Waals surface area contributed by atoms with Crippen LogP contribution in [0.1, 0.15) is 27.0 Å². The van der Waals surface area contributed by atoms with E-state index >= 15 is 0 Å². The highest BCUT2D eigenvalue weighted by Gasteiger charge is 2.20. The van der Waals surface area contributed by atoms with E-state index in [1.165, 1.54) is 12.7 Å². The zero-order valence-electron chi connectivity index (χ0n) is 18.8. The molecule has 0 radical (unpaired) electrons. The van der Waals surface area contributed by atoms with E-state index in [1.54, 1.807) is 29.5 Å². The molecule has 1 saturated heterocycles. The highest BCUT2D eigenvalue weighted by molar-refractivity contribution is 7.08. The molecule has 0 saturated carbocycles. The molecule has 3 heterocycles. The molecular formula is C26H25N3O4S. The second-order valence-corrected chi connectivity index (χ2v) is 8.91. The van der Waals surface area contributed by atoms with Crippen molar-refractivity contribution in [3.63, 3.8) is 0 Å². The Morgan fingerprint density at radius 3 is 2.65 bits per heavy atom. The number of thiophene rings is 1. The molecule has 1 aliphatic heterocycles. The Bertz CT molecular complexity index is 1320. The molecule has 2 N–H and O–H groups in total. The van der Waals surface area contributed by atoms with Crippen LogP contribution in [0.3, 0.4) is 0 Å². The number of aromatic amines is 1. The summed E-state index contributed by atoms with van der Waals surface area (Å²) in [5.41, 5.74) is 5.20. The molecule has 2 aromatic heterocycles. The van der Waals surface area contributed by atoms with Crippen LogP contribution < -0.4 is 0 Å². The van der Waals surface area contributed by atoms with Crippen molar-refractivity contribution >= 4 is 39.6 Å². The molecule has 4 aromatic rings. The van der Waals surface area contributed by atoms with E-state index in [9.17, 15) is 9.90 Å². The Balaban J connectivity index is 1.53. The van der Waals surface area contributed by atoms with Crippen LogP contribution in [0.2, 0.25) is 0 Å². The molecule has 0 spiro atoms. The molecule has 1 fully saturated rings. The summed E-state index contributed by atoms with van der Waals surface area (Å²) in [4.78, 5) is 22.4. The fraction of sp³-hybridized carbons (Fsp3) is 0.231.